The Kier molecular flexibility index (Phi) is 4.78. The number of amides is 1. The summed E-state index contributed by atoms with van der Waals surface area (Å²) < 4.78 is 18.9. The van der Waals surface area contributed by atoms with E-state index in [-0.39, 0.29) is 18.0 Å². The van der Waals surface area contributed by atoms with E-state index >= 15 is 0 Å². The van der Waals surface area contributed by atoms with Crippen LogP contribution in [0.15, 0.2) is 48.5 Å². The number of likely N-dealkylation sites (tertiary alicyclic amines) is 1. The lowest BCUT2D eigenvalue weighted by molar-refractivity contribution is 0.0900. The first kappa shape index (κ1) is 16.9. The van der Waals surface area contributed by atoms with Gasteiger partial charge in [-0.2, -0.15) is 0 Å². The molecule has 0 aromatic heterocycles. The molecule has 1 unspecified atom stereocenters. The van der Waals surface area contributed by atoms with Crippen molar-refractivity contribution >= 4 is 11.8 Å². The van der Waals surface area contributed by atoms with Crippen LogP contribution in [0, 0.1) is 5.82 Å². The van der Waals surface area contributed by atoms with Crippen molar-refractivity contribution in [2.24, 2.45) is 0 Å². The second-order valence-electron chi connectivity index (χ2n) is 7.07. The minimum atomic E-state index is -0.235. The van der Waals surface area contributed by atoms with Crippen LogP contribution in [0.3, 0.4) is 0 Å². The van der Waals surface area contributed by atoms with E-state index in [1.54, 1.807) is 6.07 Å². The van der Waals surface area contributed by atoms with Crippen LogP contribution in [-0.4, -0.2) is 30.1 Å². The molecule has 1 saturated heterocycles. The molecular weight excluding hydrogens is 331 g/mol. The Morgan fingerprint density at radius 3 is 2.92 bits per heavy atom. The lowest BCUT2D eigenvalue weighted by Crippen LogP contribution is -2.37. The summed E-state index contributed by atoms with van der Waals surface area (Å²) in [4.78, 5) is 14.4. The van der Waals surface area contributed by atoms with Crippen LogP contribution in [0.5, 0.6) is 0 Å². The van der Waals surface area contributed by atoms with Gasteiger partial charge in [0.15, 0.2) is 0 Å². The zero-order valence-electron chi connectivity index (χ0n) is 14.7. The van der Waals surface area contributed by atoms with Crippen molar-refractivity contribution in [3.63, 3.8) is 0 Å². The van der Waals surface area contributed by atoms with Crippen molar-refractivity contribution in [3.8, 4) is 0 Å². The highest BCUT2D eigenvalue weighted by Gasteiger charge is 2.34. The van der Waals surface area contributed by atoms with Crippen LogP contribution in [0.2, 0.25) is 0 Å². The number of anilines is 1. The Balaban J connectivity index is 1.37. The van der Waals surface area contributed by atoms with Gasteiger partial charge in [-0.05, 0) is 42.5 Å². The third kappa shape index (κ3) is 3.52. The molecule has 5 heteroatoms. The topological polar surface area (TPSA) is 41.6 Å². The summed E-state index contributed by atoms with van der Waals surface area (Å²) >= 11 is 0. The highest BCUT2D eigenvalue weighted by Crippen LogP contribution is 2.37. The van der Waals surface area contributed by atoms with Gasteiger partial charge in [0.2, 0.25) is 0 Å². The smallest absolute Gasteiger partial charge is 0.410 e. The highest BCUT2D eigenvalue weighted by molar-refractivity contribution is 5.68. The molecule has 2 aliphatic heterocycles. The number of benzene rings is 2. The van der Waals surface area contributed by atoms with Crippen LogP contribution >= 0.6 is 0 Å². The van der Waals surface area contributed by atoms with E-state index < -0.39 is 0 Å². The van der Waals surface area contributed by atoms with E-state index in [1.165, 1.54) is 6.07 Å². The molecule has 1 fully saturated rings. The highest BCUT2D eigenvalue weighted by atomic mass is 19.1. The predicted octanol–water partition coefficient (Wildman–Crippen LogP) is 4.53. The quantitative estimate of drug-likeness (QED) is 0.877. The number of ether oxygens (including phenoxy) is 1. The molecule has 2 aliphatic rings. The normalized spacial score (nSPS) is 21.3. The molecule has 2 aromatic carbocycles. The fourth-order valence-corrected chi connectivity index (χ4v) is 4.04. The average molecular weight is 354 g/mol. The molecule has 4 nitrogen and oxygen atoms in total. The number of rotatable bonds is 4. The van der Waals surface area contributed by atoms with Crippen LogP contribution in [0.25, 0.3) is 0 Å². The van der Waals surface area contributed by atoms with Gasteiger partial charge in [-0.25, -0.2) is 9.18 Å². The Bertz CT molecular complexity index is 781. The number of carbonyl (C=O) groups excluding carboxylic acids is 1. The fraction of sp³-hybridized carbons (Fsp3) is 0.381. The lowest BCUT2D eigenvalue weighted by Gasteiger charge is -2.26. The van der Waals surface area contributed by atoms with Gasteiger partial charge < -0.3 is 15.0 Å². The van der Waals surface area contributed by atoms with Gasteiger partial charge in [-0.3, -0.25) is 0 Å². The van der Waals surface area contributed by atoms with Crippen molar-refractivity contribution < 1.29 is 13.9 Å². The summed E-state index contributed by atoms with van der Waals surface area (Å²) in [5.41, 5.74) is 3.02. The monoisotopic (exact) mass is 354 g/mol. The Labute approximate surface area is 153 Å². The first-order chi connectivity index (χ1) is 12.7. The Morgan fingerprint density at radius 1 is 1.23 bits per heavy atom. The maximum Gasteiger partial charge on any atom is 0.410 e. The molecule has 0 spiro atoms. The van der Waals surface area contributed by atoms with Crippen molar-refractivity contribution in [3.05, 3.63) is 65.5 Å². The summed E-state index contributed by atoms with van der Waals surface area (Å²) in [6, 6.07) is 14.8. The SMILES string of the molecule is O=C(OCc1ccccc1)N1CCC[C@H]1CC1CNc2cc(F)ccc21. The van der Waals surface area contributed by atoms with E-state index in [0.29, 0.717) is 12.5 Å². The molecule has 26 heavy (non-hydrogen) atoms. The maximum atomic E-state index is 13.4. The molecule has 0 aliphatic carbocycles. The molecule has 1 N–H and O–H groups in total. The van der Waals surface area contributed by atoms with Gasteiger partial charge in [0.1, 0.15) is 12.4 Å². The Morgan fingerprint density at radius 2 is 2.08 bits per heavy atom. The first-order valence-electron chi connectivity index (χ1n) is 9.21. The summed E-state index contributed by atoms with van der Waals surface area (Å²) in [5.74, 6) is 0.0852. The van der Waals surface area contributed by atoms with Crippen LogP contribution < -0.4 is 5.32 Å². The zero-order valence-corrected chi connectivity index (χ0v) is 14.7. The molecule has 2 aromatic rings. The molecule has 136 valence electrons. The number of fused-ring (bicyclic) bond motifs is 1. The predicted molar refractivity (Wildman–Crippen MR) is 98.6 cm³/mol. The lowest BCUT2D eigenvalue weighted by atomic mass is 9.93. The molecule has 2 atom stereocenters. The number of nitrogens with zero attached hydrogens (tertiary/aromatic N) is 1. The molecule has 0 bridgehead atoms. The third-order valence-corrected chi connectivity index (χ3v) is 5.37. The number of halogens is 1. The van der Waals surface area contributed by atoms with Crippen LogP contribution in [0.1, 0.15) is 36.3 Å². The average Bonchev–Trinajstić information content (AvgIpc) is 3.28. The minimum absolute atomic E-state index is 0.182. The number of nitrogens with one attached hydrogen (secondary N) is 1. The van der Waals surface area contributed by atoms with Gasteiger partial charge in [-0.1, -0.05) is 36.4 Å². The van der Waals surface area contributed by atoms with Gasteiger partial charge >= 0.3 is 6.09 Å². The van der Waals surface area contributed by atoms with Crippen LogP contribution in [0.4, 0.5) is 14.9 Å². The van der Waals surface area contributed by atoms with E-state index in [4.69, 9.17) is 4.74 Å². The van der Waals surface area contributed by atoms with E-state index in [9.17, 15) is 9.18 Å². The zero-order chi connectivity index (χ0) is 17.9. The van der Waals surface area contributed by atoms with Crippen LogP contribution in [-0.2, 0) is 11.3 Å². The van der Waals surface area contributed by atoms with Gasteiger partial charge in [0.05, 0.1) is 0 Å². The first-order valence-corrected chi connectivity index (χ1v) is 9.21. The molecule has 0 radical (unpaired) electrons. The summed E-state index contributed by atoms with van der Waals surface area (Å²) in [6.07, 6.45) is 2.64. The molecule has 2 heterocycles. The third-order valence-electron chi connectivity index (χ3n) is 5.37. The van der Waals surface area contributed by atoms with Crippen molar-refractivity contribution in [1.29, 1.82) is 0 Å². The van der Waals surface area contributed by atoms with Crippen molar-refractivity contribution in [2.45, 2.75) is 37.8 Å². The molecule has 0 saturated carbocycles. The number of hydrogen-bond acceptors (Lipinski definition) is 3. The second kappa shape index (κ2) is 7.36. The molecule has 4 rings (SSSR count). The van der Waals surface area contributed by atoms with E-state index in [2.05, 4.69) is 5.32 Å². The number of hydrogen-bond donors (Lipinski definition) is 1. The van der Waals surface area contributed by atoms with Gasteiger partial charge in [0, 0.05) is 30.7 Å². The molecular formula is C21H23FN2O2. The second-order valence-corrected chi connectivity index (χ2v) is 7.07. The Hall–Kier alpha value is -2.56. The largest absolute Gasteiger partial charge is 0.445 e. The summed E-state index contributed by atoms with van der Waals surface area (Å²) in [5, 5.41) is 3.28. The molecule has 1 amide bonds. The standard InChI is InChI=1S/C21H23FN2O2/c22-17-8-9-19-16(13-23-20(19)12-17)11-18-7-4-10-24(18)21(25)26-14-15-5-2-1-3-6-15/h1-3,5-6,8-9,12,16,18,23H,4,7,10-11,13-14H2/t16?,18-/m0/s1. The van der Waals surface area contributed by atoms with E-state index in [1.807, 2.05) is 41.3 Å². The summed E-state index contributed by atoms with van der Waals surface area (Å²) in [6.45, 7) is 1.84. The summed E-state index contributed by atoms with van der Waals surface area (Å²) in [7, 11) is 0. The van der Waals surface area contributed by atoms with Gasteiger partial charge in [-0.15, -0.1) is 0 Å². The van der Waals surface area contributed by atoms with Gasteiger partial charge in [0.25, 0.3) is 0 Å². The van der Waals surface area contributed by atoms with Crippen molar-refractivity contribution in [2.75, 3.05) is 18.4 Å². The van der Waals surface area contributed by atoms with Crippen molar-refractivity contribution in [1.82, 2.24) is 4.90 Å². The van der Waals surface area contributed by atoms with E-state index in [0.717, 1.165) is 49.2 Å². The minimum Gasteiger partial charge on any atom is -0.445 e. The maximum absolute atomic E-state index is 13.4. The fourth-order valence-electron chi connectivity index (χ4n) is 4.04. The number of carbonyl (C=O) groups is 1.